The fraction of sp³-hybridized carbons (Fsp3) is 0.400. The molecule has 4 N–H and O–H groups in total. The molecule has 0 heterocycles. The van der Waals surface area contributed by atoms with Gasteiger partial charge >= 0.3 is 23.9 Å². The molecule has 0 saturated heterocycles. The highest BCUT2D eigenvalue weighted by atomic mass is 16.4. The minimum Gasteiger partial charge on any atom is -0.481 e. The summed E-state index contributed by atoms with van der Waals surface area (Å²) in [7, 11) is 0. The zero-order valence-corrected chi connectivity index (χ0v) is 8.94. The van der Waals surface area contributed by atoms with Crippen LogP contribution < -0.4 is 0 Å². The summed E-state index contributed by atoms with van der Waals surface area (Å²) in [6.07, 6.45) is 0.144. The van der Waals surface area contributed by atoms with Gasteiger partial charge in [-0.25, -0.2) is 4.79 Å². The Morgan fingerprint density at radius 3 is 1.83 bits per heavy atom. The molecule has 3 atom stereocenters. The molecule has 0 aromatic carbocycles. The van der Waals surface area contributed by atoms with Gasteiger partial charge < -0.3 is 20.4 Å². The second kappa shape index (κ2) is 4.86. The first-order chi connectivity index (χ1) is 8.25. The first-order valence-electron chi connectivity index (χ1n) is 4.89. The molecule has 8 nitrogen and oxygen atoms in total. The van der Waals surface area contributed by atoms with Crippen LogP contribution in [0.5, 0.6) is 0 Å². The molecule has 0 spiro atoms. The van der Waals surface area contributed by atoms with Crippen molar-refractivity contribution in [1.29, 1.82) is 0 Å². The van der Waals surface area contributed by atoms with Crippen LogP contribution in [0.25, 0.3) is 0 Å². The summed E-state index contributed by atoms with van der Waals surface area (Å²) >= 11 is 0. The highest BCUT2D eigenvalue weighted by Gasteiger charge is 2.43. The molecule has 0 fully saturated rings. The normalized spacial score (nSPS) is 27.1. The minimum atomic E-state index is -1.56. The van der Waals surface area contributed by atoms with Gasteiger partial charge in [0.2, 0.25) is 0 Å². The van der Waals surface area contributed by atoms with E-state index in [1.807, 2.05) is 0 Å². The van der Waals surface area contributed by atoms with Crippen LogP contribution in [0.15, 0.2) is 11.6 Å². The Morgan fingerprint density at radius 1 is 0.944 bits per heavy atom. The van der Waals surface area contributed by atoms with Crippen molar-refractivity contribution in [2.45, 2.75) is 6.42 Å². The molecule has 8 heteroatoms. The lowest BCUT2D eigenvalue weighted by molar-refractivity contribution is -0.155. The zero-order valence-electron chi connectivity index (χ0n) is 8.94. The Balaban J connectivity index is 3.26. The quantitative estimate of drug-likeness (QED) is 0.527. The first kappa shape index (κ1) is 13.7. The van der Waals surface area contributed by atoms with Crippen molar-refractivity contribution >= 4 is 23.9 Å². The summed E-state index contributed by atoms with van der Waals surface area (Å²) in [6, 6.07) is 0. The number of rotatable bonds is 4. The Hall–Kier alpha value is -2.38. The summed E-state index contributed by atoms with van der Waals surface area (Å²) in [6.45, 7) is 0. The smallest absolute Gasteiger partial charge is 0.332 e. The lowest BCUT2D eigenvalue weighted by Gasteiger charge is -2.27. The topological polar surface area (TPSA) is 149 Å². The predicted octanol–water partition coefficient (Wildman–Crippen LogP) is -0.496. The fourth-order valence-corrected chi connectivity index (χ4v) is 1.91. The lowest BCUT2D eigenvalue weighted by Crippen LogP contribution is -2.38. The molecule has 18 heavy (non-hydrogen) atoms. The van der Waals surface area contributed by atoms with E-state index in [0.29, 0.717) is 6.08 Å². The van der Waals surface area contributed by atoms with E-state index in [4.69, 9.17) is 20.4 Å². The molecule has 1 rings (SSSR count). The molecular formula is C10H10O8. The maximum absolute atomic E-state index is 10.9. The Labute approximate surface area is 100 Å². The van der Waals surface area contributed by atoms with Gasteiger partial charge in [-0.05, 0) is 6.42 Å². The number of carboxylic acids is 4. The highest BCUT2D eigenvalue weighted by molar-refractivity contribution is 5.96. The SMILES string of the molecule is O=C(O)C1=CC(C(=O)O)C(C(=O)O)CC1C(=O)O. The number of carboxylic acid groups (broad SMARTS) is 4. The average molecular weight is 258 g/mol. The van der Waals surface area contributed by atoms with Crippen molar-refractivity contribution in [3.8, 4) is 0 Å². The number of carbonyl (C=O) groups is 4. The summed E-state index contributed by atoms with van der Waals surface area (Å²) < 4.78 is 0. The molecule has 0 saturated carbocycles. The summed E-state index contributed by atoms with van der Waals surface area (Å²) in [5.74, 6) is -10.5. The largest absolute Gasteiger partial charge is 0.481 e. The van der Waals surface area contributed by atoms with Crippen LogP contribution in [-0.2, 0) is 19.2 Å². The third-order valence-corrected chi connectivity index (χ3v) is 2.81. The number of hydrogen-bond donors (Lipinski definition) is 4. The Morgan fingerprint density at radius 2 is 1.50 bits per heavy atom. The second-order valence-electron chi connectivity index (χ2n) is 3.86. The molecule has 1 aliphatic rings. The van der Waals surface area contributed by atoms with Crippen molar-refractivity contribution in [2.24, 2.45) is 17.8 Å². The van der Waals surface area contributed by atoms with E-state index < -0.39 is 53.6 Å². The van der Waals surface area contributed by atoms with Crippen molar-refractivity contribution in [3.63, 3.8) is 0 Å². The van der Waals surface area contributed by atoms with Crippen LogP contribution in [0.4, 0.5) is 0 Å². The van der Waals surface area contributed by atoms with Gasteiger partial charge in [0.15, 0.2) is 0 Å². The van der Waals surface area contributed by atoms with Gasteiger partial charge in [-0.1, -0.05) is 6.08 Å². The van der Waals surface area contributed by atoms with E-state index in [2.05, 4.69) is 0 Å². The van der Waals surface area contributed by atoms with Crippen molar-refractivity contribution in [1.82, 2.24) is 0 Å². The van der Waals surface area contributed by atoms with Gasteiger partial charge in [0.05, 0.1) is 17.8 Å². The molecule has 0 aromatic heterocycles. The van der Waals surface area contributed by atoms with Gasteiger partial charge in [0, 0.05) is 5.57 Å². The minimum absolute atomic E-state index is 0.556. The van der Waals surface area contributed by atoms with Crippen LogP contribution in [0.3, 0.4) is 0 Å². The third-order valence-electron chi connectivity index (χ3n) is 2.81. The van der Waals surface area contributed by atoms with Crippen molar-refractivity contribution in [3.05, 3.63) is 11.6 Å². The van der Waals surface area contributed by atoms with Gasteiger partial charge in [0.25, 0.3) is 0 Å². The first-order valence-corrected chi connectivity index (χ1v) is 4.89. The second-order valence-corrected chi connectivity index (χ2v) is 3.86. The molecule has 0 aliphatic heterocycles. The van der Waals surface area contributed by atoms with Gasteiger partial charge in [0.1, 0.15) is 0 Å². The van der Waals surface area contributed by atoms with Crippen LogP contribution in [0.2, 0.25) is 0 Å². The average Bonchev–Trinajstić information content (AvgIpc) is 2.26. The van der Waals surface area contributed by atoms with E-state index in [0.717, 1.165) is 0 Å². The van der Waals surface area contributed by atoms with Crippen LogP contribution in [0.1, 0.15) is 6.42 Å². The lowest BCUT2D eigenvalue weighted by atomic mass is 9.75. The standard InChI is InChI=1S/C10H10O8/c11-7(12)3-1-4(8(13)14)6(10(17)18)2-5(3)9(15)16/h1,3,5-6H,2H2,(H,11,12)(H,13,14)(H,15,16)(H,17,18). The van der Waals surface area contributed by atoms with E-state index in [1.165, 1.54) is 0 Å². The summed E-state index contributed by atoms with van der Waals surface area (Å²) in [5.41, 5.74) is -0.590. The molecule has 0 amide bonds. The van der Waals surface area contributed by atoms with Crippen molar-refractivity contribution in [2.75, 3.05) is 0 Å². The molecule has 1 aliphatic carbocycles. The van der Waals surface area contributed by atoms with E-state index >= 15 is 0 Å². The van der Waals surface area contributed by atoms with E-state index in [9.17, 15) is 19.2 Å². The zero-order chi connectivity index (χ0) is 14.0. The number of aliphatic carboxylic acids is 4. The molecule has 0 radical (unpaired) electrons. The summed E-state index contributed by atoms with van der Waals surface area (Å²) in [5, 5.41) is 35.3. The Bertz CT molecular complexity index is 449. The van der Waals surface area contributed by atoms with E-state index in [1.54, 1.807) is 0 Å². The molecule has 0 aromatic rings. The highest BCUT2D eigenvalue weighted by Crippen LogP contribution is 2.34. The molecular weight excluding hydrogens is 248 g/mol. The Kier molecular flexibility index (Phi) is 3.70. The summed E-state index contributed by atoms with van der Waals surface area (Å²) in [4.78, 5) is 43.5. The van der Waals surface area contributed by atoms with Gasteiger partial charge in [-0.2, -0.15) is 0 Å². The van der Waals surface area contributed by atoms with Gasteiger partial charge in [-0.3, -0.25) is 14.4 Å². The molecule has 0 bridgehead atoms. The molecule has 98 valence electrons. The van der Waals surface area contributed by atoms with Crippen LogP contribution >= 0.6 is 0 Å². The predicted molar refractivity (Wildman–Crippen MR) is 53.7 cm³/mol. The number of hydrogen-bond acceptors (Lipinski definition) is 4. The fourth-order valence-electron chi connectivity index (χ4n) is 1.91. The maximum atomic E-state index is 10.9. The van der Waals surface area contributed by atoms with E-state index in [-0.39, 0.29) is 0 Å². The third kappa shape index (κ3) is 2.47. The molecule has 3 unspecified atom stereocenters. The van der Waals surface area contributed by atoms with Crippen molar-refractivity contribution < 1.29 is 39.6 Å². The van der Waals surface area contributed by atoms with Gasteiger partial charge in [-0.15, -0.1) is 0 Å². The maximum Gasteiger partial charge on any atom is 0.332 e. The van der Waals surface area contributed by atoms with Crippen LogP contribution in [0, 0.1) is 17.8 Å². The van der Waals surface area contributed by atoms with Crippen LogP contribution in [-0.4, -0.2) is 44.3 Å². The monoisotopic (exact) mass is 258 g/mol.